The summed E-state index contributed by atoms with van der Waals surface area (Å²) < 4.78 is 9.85. The Bertz CT molecular complexity index is 725. The molecular weight excluding hydrogens is 318 g/mol. The van der Waals surface area contributed by atoms with E-state index >= 15 is 0 Å². The van der Waals surface area contributed by atoms with E-state index in [4.69, 9.17) is 9.47 Å². The van der Waals surface area contributed by atoms with Crippen LogP contribution in [0, 0.1) is 6.92 Å². The van der Waals surface area contributed by atoms with Gasteiger partial charge in [-0.3, -0.25) is 9.59 Å². The summed E-state index contributed by atoms with van der Waals surface area (Å²) in [5.74, 6) is 0.179. The van der Waals surface area contributed by atoms with Crippen LogP contribution in [0.5, 0.6) is 5.75 Å². The first-order valence-corrected chi connectivity index (χ1v) is 8.05. The van der Waals surface area contributed by atoms with Gasteiger partial charge in [-0.1, -0.05) is 36.4 Å². The van der Waals surface area contributed by atoms with E-state index in [1.54, 1.807) is 7.11 Å². The van der Waals surface area contributed by atoms with E-state index in [-0.39, 0.29) is 18.9 Å². The van der Waals surface area contributed by atoms with E-state index in [0.29, 0.717) is 6.54 Å². The average Bonchev–Trinajstić information content (AvgIpc) is 2.63. The number of aryl methyl sites for hydroxylation is 1. The lowest BCUT2D eigenvalue weighted by atomic mass is 10.1. The molecule has 0 radical (unpaired) electrons. The minimum absolute atomic E-state index is 0.0696. The lowest BCUT2D eigenvalue weighted by Gasteiger charge is -2.22. The van der Waals surface area contributed by atoms with Gasteiger partial charge < -0.3 is 14.4 Å². The van der Waals surface area contributed by atoms with Crippen LogP contribution in [-0.4, -0.2) is 37.5 Å². The van der Waals surface area contributed by atoms with Crippen LogP contribution in [-0.2, 0) is 27.3 Å². The summed E-state index contributed by atoms with van der Waals surface area (Å²) in [6.45, 7) is 2.29. The minimum atomic E-state index is -0.434. The van der Waals surface area contributed by atoms with Crippen LogP contribution in [0.15, 0.2) is 48.5 Å². The number of carbonyl (C=O) groups is 2. The third-order valence-electron chi connectivity index (χ3n) is 4.04. The second kappa shape index (κ2) is 8.87. The van der Waals surface area contributed by atoms with Crippen molar-refractivity contribution in [3.8, 4) is 5.75 Å². The normalized spacial score (nSPS) is 10.2. The van der Waals surface area contributed by atoms with Crippen molar-refractivity contribution in [3.63, 3.8) is 0 Å². The predicted molar refractivity (Wildman–Crippen MR) is 95.3 cm³/mol. The molecule has 2 rings (SSSR count). The van der Waals surface area contributed by atoms with Gasteiger partial charge in [0.2, 0.25) is 5.91 Å². The molecule has 2 aromatic carbocycles. The third kappa shape index (κ3) is 5.35. The van der Waals surface area contributed by atoms with Crippen LogP contribution in [0.1, 0.15) is 16.7 Å². The number of carbonyl (C=O) groups excluding carboxylic acids is 2. The molecule has 0 saturated carbocycles. The molecule has 0 aliphatic heterocycles. The van der Waals surface area contributed by atoms with Gasteiger partial charge in [0.25, 0.3) is 0 Å². The monoisotopic (exact) mass is 341 g/mol. The van der Waals surface area contributed by atoms with Crippen LogP contribution < -0.4 is 4.74 Å². The summed E-state index contributed by atoms with van der Waals surface area (Å²) in [5, 5.41) is 0. The van der Waals surface area contributed by atoms with E-state index in [2.05, 4.69) is 0 Å². The molecule has 0 heterocycles. The summed E-state index contributed by atoms with van der Waals surface area (Å²) in [6.07, 6.45) is 0.215. The van der Waals surface area contributed by atoms with Crippen molar-refractivity contribution in [3.05, 3.63) is 65.2 Å². The van der Waals surface area contributed by atoms with Crippen molar-refractivity contribution in [2.75, 3.05) is 20.8 Å². The Balaban J connectivity index is 2.14. The zero-order chi connectivity index (χ0) is 18.2. The predicted octanol–water partition coefficient (Wildman–Crippen LogP) is 2.75. The van der Waals surface area contributed by atoms with Gasteiger partial charge in [0.05, 0.1) is 20.6 Å². The van der Waals surface area contributed by atoms with E-state index < -0.39 is 5.97 Å². The summed E-state index contributed by atoms with van der Waals surface area (Å²) in [6, 6.07) is 15.1. The molecule has 2 aromatic rings. The topological polar surface area (TPSA) is 55.8 Å². The smallest absolute Gasteiger partial charge is 0.325 e. The number of hydrogen-bond donors (Lipinski definition) is 0. The van der Waals surface area contributed by atoms with Crippen molar-refractivity contribution >= 4 is 11.9 Å². The van der Waals surface area contributed by atoms with Gasteiger partial charge in [-0.15, -0.1) is 0 Å². The third-order valence-corrected chi connectivity index (χ3v) is 4.04. The molecular formula is C20H23NO4. The molecule has 0 N–H and O–H groups in total. The maximum absolute atomic E-state index is 12.7. The molecule has 5 heteroatoms. The highest BCUT2D eigenvalue weighted by atomic mass is 16.5. The molecule has 0 spiro atoms. The first-order chi connectivity index (χ1) is 12.0. The maximum Gasteiger partial charge on any atom is 0.325 e. The number of amides is 1. The minimum Gasteiger partial charge on any atom is -0.497 e. The van der Waals surface area contributed by atoms with Crippen molar-refractivity contribution in [2.24, 2.45) is 0 Å². The highest BCUT2D eigenvalue weighted by molar-refractivity contribution is 5.83. The number of benzene rings is 2. The molecule has 132 valence electrons. The fourth-order valence-corrected chi connectivity index (χ4v) is 2.48. The molecule has 0 saturated heterocycles. The maximum atomic E-state index is 12.7. The van der Waals surface area contributed by atoms with Crippen LogP contribution in [0.2, 0.25) is 0 Å². The van der Waals surface area contributed by atoms with Crippen LogP contribution >= 0.6 is 0 Å². The van der Waals surface area contributed by atoms with Gasteiger partial charge in [-0.2, -0.15) is 0 Å². The number of esters is 1. The fraction of sp³-hybridized carbons (Fsp3) is 0.300. The Morgan fingerprint density at radius 1 is 1.00 bits per heavy atom. The van der Waals surface area contributed by atoms with E-state index in [1.807, 2.05) is 55.5 Å². The van der Waals surface area contributed by atoms with Crippen molar-refractivity contribution in [2.45, 2.75) is 19.9 Å². The van der Waals surface area contributed by atoms with Gasteiger partial charge in [-0.05, 0) is 35.7 Å². The molecule has 5 nitrogen and oxygen atoms in total. The largest absolute Gasteiger partial charge is 0.497 e. The zero-order valence-electron chi connectivity index (χ0n) is 14.8. The Morgan fingerprint density at radius 3 is 2.28 bits per heavy atom. The summed E-state index contributed by atoms with van der Waals surface area (Å²) in [4.78, 5) is 26.0. The van der Waals surface area contributed by atoms with E-state index in [0.717, 1.165) is 22.4 Å². The van der Waals surface area contributed by atoms with Gasteiger partial charge in [-0.25, -0.2) is 0 Å². The highest BCUT2D eigenvalue weighted by Crippen LogP contribution is 2.15. The average molecular weight is 341 g/mol. The quantitative estimate of drug-likeness (QED) is 0.727. The fourth-order valence-electron chi connectivity index (χ4n) is 2.48. The van der Waals surface area contributed by atoms with Crippen LogP contribution in [0.3, 0.4) is 0 Å². The van der Waals surface area contributed by atoms with Crippen LogP contribution in [0.4, 0.5) is 0 Å². The number of hydrogen-bond acceptors (Lipinski definition) is 4. The molecule has 25 heavy (non-hydrogen) atoms. The molecule has 0 aliphatic rings. The SMILES string of the molecule is COC(=O)CN(Cc1ccccc1C)C(=O)Cc1ccc(OC)cc1. The van der Waals surface area contributed by atoms with Gasteiger partial charge >= 0.3 is 5.97 Å². The molecule has 0 atom stereocenters. The molecule has 0 aliphatic carbocycles. The molecule has 0 unspecified atom stereocenters. The molecule has 1 amide bonds. The van der Waals surface area contributed by atoms with Gasteiger partial charge in [0, 0.05) is 6.54 Å². The van der Waals surface area contributed by atoms with Gasteiger partial charge in [0.1, 0.15) is 12.3 Å². The standard InChI is InChI=1S/C20H23NO4/c1-15-6-4-5-7-17(15)13-21(14-20(23)25-3)19(22)12-16-8-10-18(24-2)11-9-16/h4-11H,12-14H2,1-3H3. The summed E-state index contributed by atoms with van der Waals surface area (Å²) in [7, 11) is 2.92. The second-order valence-corrected chi connectivity index (χ2v) is 5.78. The number of nitrogens with zero attached hydrogens (tertiary/aromatic N) is 1. The zero-order valence-corrected chi connectivity index (χ0v) is 14.8. The first kappa shape index (κ1) is 18.5. The Hall–Kier alpha value is -2.82. The summed E-state index contributed by atoms with van der Waals surface area (Å²) in [5.41, 5.74) is 2.95. The van der Waals surface area contributed by atoms with Crippen molar-refractivity contribution in [1.29, 1.82) is 0 Å². The molecule has 0 bridgehead atoms. The van der Waals surface area contributed by atoms with E-state index in [9.17, 15) is 9.59 Å². The van der Waals surface area contributed by atoms with Crippen molar-refractivity contribution in [1.82, 2.24) is 4.90 Å². The van der Waals surface area contributed by atoms with Gasteiger partial charge in [0.15, 0.2) is 0 Å². The Morgan fingerprint density at radius 2 is 1.68 bits per heavy atom. The number of rotatable bonds is 7. The highest BCUT2D eigenvalue weighted by Gasteiger charge is 2.19. The number of methoxy groups -OCH3 is 2. The molecule has 0 aromatic heterocycles. The van der Waals surface area contributed by atoms with Crippen LogP contribution in [0.25, 0.3) is 0 Å². The Labute approximate surface area is 148 Å². The first-order valence-electron chi connectivity index (χ1n) is 8.05. The summed E-state index contributed by atoms with van der Waals surface area (Å²) >= 11 is 0. The lowest BCUT2D eigenvalue weighted by Crippen LogP contribution is -2.36. The Kier molecular flexibility index (Phi) is 6.57. The van der Waals surface area contributed by atoms with Crippen molar-refractivity contribution < 1.29 is 19.1 Å². The lowest BCUT2D eigenvalue weighted by molar-refractivity contribution is -0.147. The second-order valence-electron chi connectivity index (χ2n) is 5.78. The molecule has 0 fully saturated rings. The number of ether oxygens (including phenoxy) is 2. The van der Waals surface area contributed by atoms with E-state index in [1.165, 1.54) is 12.0 Å².